The summed E-state index contributed by atoms with van der Waals surface area (Å²) in [5, 5.41) is 9.44. The molecule has 2 aromatic rings. The van der Waals surface area contributed by atoms with Gasteiger partial charge in [0.1, 0.15) is 6.10 Å². The maximum atomic E-state index is 13.2. The number of nitrogens with zero attached hydrogens (tertiary/aromatic N) is 4. The molecule has 1 aliphatic carbocycles. The van der Waals surface area contributed by atoms with E-state index in [1.165, 1.54) is 22.5 Å². The number of sulfonamides is 1. The molecule has 1 aliphatic heterocycles. The molecule has 216 valence electrons. The second kappa shape index (κ2) is 13.1. The van der Waals surface area contributed by atoms with Gasteiger partial charge in [0.15, 0.2) is 11.0 Å². The fourth-order valence-electron chi connectivity index (χ4n) is 5.45. The molecule has 1 aromatic heterocycles. The Balaban J connectivity index is 1.51. The van der Waals surface area contributed by atoms with E-state index >= 15 is 0 Å². The number of carbonyl (C=O) groups excluding carboxylic acids is 1. The lowest BCUT2D eigenvalue weighted by Crippen LogP contribution is -2.40. The van der Waals surface area contributed by atoms with E-state index in [1.54, 1.807) is 18.2 Å². The molecule has 1 saturated carbocycles. The van der Waals surface area contributed by atoms with E-state index in [1.807, 2.05) is 10.6 Å². The number of esters is 1. The molecule has 3 atom stereocenters. The minimum atomic E-state index is -3.64. The molecule has 9 nitrogen and oxygen atoms in total. The van der Waals surface area contributed by atoms with Crippen molar-refractivity contribution in [1.29, 1.82) is 0 Å². The van der Waals surface area contributed by atoms with Gasteiger partial charge in [-0.15, -0.1) is 10.2 Å². The van der Waals surface area contributed by atoms with Gasteiger partial charge in [-0.1, -0.05) is 64.9 Å². The highest BCUT2D eigenvalue weighted by molar-refractivity contribution is 7.99. The first-order valence-electron chi connectivity index (χ1n) is 14.0. The quantitative estimate of drug-likeness (QED) is 0.295. The summed E-state index contributed by atoms with van der Waals surface area (Å²) >= 11 is 1.32. The normalized spacial score (nSPS) is 22.9. The van der Waals surface area contributed by atoms with Crippen LogP contribution in [0.5, 0.6) is 0 Å². The van der Waals surface area contributed by atoms with Crippen LogP contribution in [0.25, 0.3) is 11.4 Å². The highest BCUT2D eigenvalue weighted by Gasteiger charge is 2.33. The predicted molar refractivity (Wildman–Crippen MR) is 152 cm³/mol. The lowest BCUT2D eigenvalue weighted by Gasteiger charge is -2.36. The fraction of sp³-hybridized carbons (Fsp3) is 0.679. The average molecular weight is 579 g/mol. The SMILES string of the molecule is CC(C)Cn1c(SCC(=O)O[C@H]2C[C@H](C)CC[C@@H]2C(C)C)nnc1-c1cccc(S(=O)(=O)N2CCOCC2)c1. The standard InChI is InChI=1S/C28H42N4O5S2/c1-19(2)17-32-27(22-7-6-8-23(16-22)39(34,35)31-11-13-36-14-12-31)29-30-28(32)38-18-26(33)37-25-15-21(5)9-10-24(25)20(3)4/h6-8,16,19-21,24-25H,9-15,17-18H2,1-5H3/t21-,24-,25+/m1/s1. The van der Waals surface area contributed by atoms with Crippen LogP contribution in [-0.2, 0) is 30.8 Å². The third-order valence-electron chi connectivity index (χ3n) is 7.53. The van der Waals surface area contributed by atoms with Gasteiger partial charge < -0.3 is 14.0 Å². The Morgan fingerprint density at radius 1 is 1.15 bits per heavy atom. The number of morpholine rings is 1. The Morgan fingerprint density at radius 2 is 1.90 bits per heavy atom. The Morgan fingerprint density at radius 3 is 2.59 bits per heavy atom. The molecule has 0 amide bonds. The summed E-state index contributed by atoms with van der Waals surface area (Å²) in [7, 11) is -3.64. The summed E-state index contributed by atoms with van der Waals surface area (Å²) in [5.41, 5.74) is 0.669. The van der Waals surface area contributed by atoms with Crippen molar-refractivity contribution in [3.05, 3.63) is 24.3 Å². The van der Waals surface area contributed by atoms with E-state index < -0.39 is 10.0 Å². The molecule has 0 spiro atoms. The van der Waals surface area contributed by atoms with Crippen molar-refractivity contribution in [3.8, 4) is 11.4 Å². The molecule has 1 aromatic carbocycles. The van der Waals surface area contributed by atoms with Crippen molar-refractivity contribution in [2.75, 3.05) is 32.1 Å². The van der Waals surface area contributed by atoms with Crippen molar-refractivity contribution in [3.63, 3.8) is 0 Å². The second-order valence-corrected chi connectivity index (χ2v) is 14.4. The summed E-state index contributed by atoms with van der Waals surface area (Å²) in [5.74, 6) is 2.22. The zero-order valence-electron chi connectivity index (χ0n) is 23.7. The highest BCUT2D eigenvalue weighted by Crippen LogP contribution is 2.36. The van der Waals surface area contributed by atoms with E-state index in [-0.39, 0.29) is 22.7 Å². The molecule has 0 N–H and O–H groups in total. The number of benzene rings is 1. The van der Waals surface area contributed by atoms with Gasteiger partial charge in [0.05, 0.1) is 23.9 Å². The van der Waals surface area contributed by atoms with Gasteiger partial charge in [-0.2, -0.15) is 4.31 Å². The number of hydrogen-bond donors (Lipinski definition) is 0. The maximum Gasteiger partial charge on any atom is 0.316 e. The Bertz CT molecular complexity index is 1220. The maximum absolute atomic E-state index is 13.2. The van der Waals surface area contributed by atoms with Crippen molar-refractivity contribution >= 4 is 27.8 Å². The molecule has 2 aliphatic rings. The van der Waals surface area contributed by atoms with Gasteiger partial charge in [-0.05, 0) is 48.6 Å². The molecule has 0 unspecified atom stereocenters. The number of thioether (sulfide) groups is 1. The first-order chi connectivity index (χ1) is 18.6. The molecular formula is C28H42N4O5S2. The van der Waals surface area contributed by atoms with E-state index in [0.717, 1.165) is 12.8 Å². The van der Waals surface area contributed by atoms with Crippen LogP contribution in [0.3, 0.4) is 0 Å². The average Bonchev–Trinajstić information content (AvgIpc) is 3.29. The topological polar surface area (TPSA) is 104 Å². The lowest BCUT2D eigenvalue weighted by molar-refractivity contribution is -0.152. The summed E-state index contributed by atoms with van der Waals surface area (Å²) in [4.78, 5) is 13.1. The Labute approximate surface area is 237 Å². The molecule has 2 fully saturated rings. The number of carbonyl (C=O) groups is 1. The van der Waals surface area contributed by atoms with Crippen LogP contribution < -0.4 is 0 Å². The van der Waals surface area contributed by atoms with Gasteiger partial charge in [0.2, 0.25) is 10.0 Å². The van der Waals surface area contributed by atoms with E-state index in [0.29, 0.717) is 73.1 Å². The van der Waals surface area contributed by atoms with Crippen molar-refractivity contribution in [2.45, 2.75) is 76.6 Å². The number of aromatic nitrogens is 3. The van der Waals surface area contributed by atoms with Gasteiger partial charge in [-0.25, -0.2) is 8.42 Å². The van der Waals surface area contributed by atoms with E-state index in [4.69, 9.17) is 9.47 Å². The van der Waals surface area contributed by atoms with Crippen molar-refractivity contribution in [2.24, 2.45) is 23.7 Å². The number of ether oxygens (including phenoxy) is 2. The Hall–Kier alpha value is -1.95. The summed E-state index contributed by atoms with van der Waals surface area (Å²) in [6.45, 7) is 12.9. The minimum absolute atomic E-state index is 0.0397. The van der Waals surface area contributed by atoms with Crippen molar-refractivity contribution < 1.29 is 22.7 Å². The third kappa shape index (κ3) is 7.42. The van der Waals surface area contributed by atoms with Crippen LogP contribution in [0.1, 0.15) is 53.9 Å². The summed E-state index contributed by atoms with van der Waals surface area (Å²) < 4.78 is 41.2. The van der Waals surface area contributed by atoms with E-state index in [2.05, 4.69) is 44.8 Å². The van der Waals surface area contributed by atoms with Crippen LogP contribution in [0.15, 0.2) is 34.3 Å². The second-order valence-electron chi connectivity index (χ2n) is 11.5. The van der Waals surface area contributed by atoms with Crippen LogP contribution in [0.2, 0.25) is 0 Å². The van der Waals surface area contributed by atoms with Gasteiger partial charge in [-0.3, -0.25) is 4.79 Å². The van der Waals surface area contributed by atoms with Gasteiger partial charge >= 0.3 is 5.97 Å². The van der Waals surface area contributed by atoms with Crippen molar-refractivity contribution in [1.82, 2.24) is 19.1 Å². The largest absolute Gasteiger partial charge is 0.461 e. The molecule has 1 saturated heterocycles. The lowest BCUT2D eigenvalue weighted by atomic mass is 9.75. The minimum Gasteiger partial charge on any atom is -0.461 e. The van der Waals surface area contributed by atoms with Gasteiger partial charge in [0, 0.05) is 25.2 Å². The molecule has 0 bridgehead atoms. The fourth-order valence-corrected chi connectivity index (χ4v) is 7.63. The van der Waals surface area contributed by atoms with Crippen LogP contribution in [0, 0.1) is 23.7 Å². The molecule has 0 radical (unpaired) electrons. The zero-order chi connectivity index (χ0) is 28.2. The molecular weight excluding hydrogens is 536 g/mol. The first kappa shape index (κ1) is 30.0. The molecule has 39 heavy (non-hydrogen) atoms. The molecule has 11 heteroatoms. The highest BCUT2D eigenvalue weighted by atomic mass is 32.2. The summed E-state index contributed by atoms with van der Waals surface area (Å²) in [6.07, 6.45) is 3.15. The zero-order valence-corrected chi connectivity index (χ0v) is 25.3. The van der Waals surface area contributed by atoms with Crippen LogP contribution >= 0.6 is 11.8 Å². The van der Waals surface area contributed by atoms with Crippen LogP contribution in [0.4, 0.5) is 0 Å². The third-order valence-corrected chi connectivity index (χ3v) is 10.4. The molecule has 4 rings (SSSR count). The predicted octanol–water partition coefficient (Wildman–Crippen LogP) is 4.72. The number of hydrogen-bond acceptors (Lipinski definition) is 8. The summed E-state index contributed by atoms with van der Waals surface area (Å²) in [6, 6.07) is 6.85. The first-order valence-corrected chi connectivity index (χ1v) is 16.4. The molecule has 2 heterocycles. The van der Waals surface area contributed by atoms with Gasteiger partial charge in [0.25, 0.3) is 0 Å². The van der Waals surface area contributed by atoms with E-state index in [9.17, 15) is 13.2 Å². The smallest absolute Gasteiger partial charge is 0.316 e. The number of rotatable bonds is 10. The monoisotopic (exact) mass is 578 g/mol. The van der Waals surface area contributed by atoms with Crippen LogP contribution in [-0.4, -0.2) is 71.6 Å². The Kier molecular flexibility index (Phi) is 10.1.